The van der Waals surface area contributed by atoms with Gasteiger partial charge in [0.2, 0.25) is 0 Å². The van der Waals surface area contributed by atoms with E-state index in [0.717, 1.165) is 11.4 Å². The van der Waals surface area contributed by atoms with Gasteiger partial charge in [-0.15, -0.1) is 0 Å². The highest BCUT2D eigenvalue weighted by Gasteiger charge is 2.02. The van der Waals surface area contributed by atoms with Crippen molar-refractivity contribution in [3.8, 4) is 5.75 Å². The summed E-state index contributed by atoms with van der Waals surface area (Å²) in [4.78, 5) is 0. The molecule has 2 rings (SSSR count). The van der Waals surface area contributed by atoms with E-state index in [4.69, 9.17) is 10.5 Å². The number of hydrogen-bond acceptors (Lipinski definition) is 3. The molecule has 0 unspecified atom stereocenters. The normalized spacial score (nSPS) is 10.0. The van der Waals surface area contributed by atoms with E-state index < -0.39 is 0 Å². The second kappa shape index (κ2) is 4.74. The fraction of sp³-hybridized carbons (Fsp3) is 0.0769. The van der Waals surface area contributed by atoms with Gasteiger partial charge in [0.1, 0.15) is 11.6 Å². The summed E-state index contributed by atoms with van der Waals surface area (Å²) in [6.07, 6.45) is 0. The zero-order valence-electron chi connectivity index (χ0n) is 9.41. The summed E-state index contributed by atoms with van der Waals surface area (Å²) in [6, 6.07) is 11.5. The van der Waals surface area contributed by atoms with Gasteiger partial charge in [-0.3, -0.25) is 0 Å². The summed E-state index contributed by atoms with van der Waals surface area (Å²) in [5.41, 5.74) is 7.58. The van der Waals surface area contributed by atoms with Crippen LogP contribution in [-0.2, 0) is 0 Å². The van der Waals surface area contributed by atoms with Gasteiger partial charge in [0.15, 0.2) is 0 Å². The molecule has 0 saturated carbocycles. The molecular formula is C13H13FN2O. The third kappa shape index (κ3) is 2.66. The summed E-state index contributed by atoms with van der Waals surface area (Å²) < 4.78 is 18.2. The molecule has 0 aliphatic carbocycles. The molecule has 0 aliphatic heterocycles. The summed E-state index contributed by atoms with van der Waals surface area (Å²) in [5, 5.41) is 3.04. The van der Waals surface area contributed by atoms with Crippen LogP contribution in [0.15, 0.2) is 42.5 Å². The number of ether oxygens (including phenoxy) is 1. The summed E-state index contributed by atoms with van der Waals surface area (Å²) in [7, 11) is 1.59. The summed E-state index contributed by atoms with van der Waals surface area (Å²) in [5.74, 6) is 0.398. The third-order valence-corrected chi connectivity index (χ3v) is 2.36. The van der Waals surface area contributed by atoms with E-state index in [-0.39, 0.29) is 5.82 Å². The van der Waals surface area contributed by atoms with Crippen LogP contribution in [-0.4, -0.2) is 7.11 Å². The molecule has 0 heterocycles. The first-order valence-electron chi connectivity index (χ1n) is 5.15. The van der Waals surface area contributed by atoms with Crippen molar-refractivity contribution >= 4 is 17.1 Å². The van der Waals surface area contributed by atoms with Crippen molar-refractivity contribution in [2.75, 3.05) is 18.2 Å². The van der Waals surface area contributed by atoms with Crippen LogP contribution in [0, 0.1) is 5.82 Å². The Morgan fingerprint density at radius 1 is 1.18 bits per heavy atom. The fourth-order valence-electron chi connectivity index (χ4n) is 1.49. The van der Waals surface area contributed by atoms with Crippen LogP contribution in [0.2, 0.25) is 0 Å². The third-order valence-electron chi connectivity index (χ3n) is 2.36. The largest absolute Gasteiger partial charge is 0.497 e. The van der Waals surface area contributed by atoms with Crippen LogP contribution in [0.1, 0.15) is 0 Å². The van der Waals surface area contributed by atoms with Gasteiger partial charge < -0.3 is 15.8 Å². The van der Waals surface area contributed by atoms with Crippen LogP contribution in [0.3, 0.4) is 0 Å². The number of halogens is 1. The topological polar surface area (TPSA) is 47.3 Å². The highest BCUT2D eigenvalue weighted by atomic mass is 19.1. The van der Waals surface area contributed by atoms with Gasteiger partial charge >= 0.3 is 0 Å². The first-order chi connectivity index (χ1) is 8.19. The first kappa shape index (κ1) is 11.3. The molecule has 0 fully saturated rings. The predicted molar refractivity (Wildman–Crippen MR) is 67.1 cm³/mol. The van der Waals surface area contributed by atoms with E-state index in [1.807, 2.05) is 24.3 Å². The molecule has 0 bridgehead atoms. The molecule has 0 saturated heterocycles. The average Bonchev–Trinajstić information content (AvgIpc) is 2.34. The SMILES string of the molecule is COc1cccc(Nc2cc(F)ccc2N)c1. The molecule has 3 nitrogen and oxygen atoms in total. The fourth-order valence-corrected chi connectivity index (χ4v) is 1.49. The van der Waals surface area contributed by atoms with E-state index in [1.54, 1.807) is 7.11 Å². The Balaban J connectivity index is 2.27. The monoisotopic (exact) mass is 232 g/mol. The lowest BCUT2D eigenvalue weighted by Crippen LogP contribution is -1.97. The number of nitrogen functional groups attached to an aromatic ring is 1. The van der Waals surface area contributed by atoms with Crippen molar-refractivity contribution in [3.63, 3.8) is 0 Å². The number of methoxy groups -OCH3 is 1. The molecular weight excluding hydrogens is 219 g/mol. The maximum atomic E-state index is 13.1. The first-order valence-corrected chi connectivity index (χ1v) is 5.15. The molecule has 0 aliphatic rings. The number of nitrogens with two attached hydrogens (primary N) is 1. The maximum absolute atomic E-state index is 13.1. The van der Waals surface area contributed by atoms with E-state index in [1.165, 1.54) is 18.2 Å². The standard InChI is InChI=1S/C13H13FN2O/c1-17-11-4-2-3-10(8-11)16-13-7-9(14)5-6-12(13)15/h2-8,16H,15H2,1H3. The Labute approximate surface area is 99.0 Å². The highest BCUT2D eigenvalue weighted by molar-refractivity contribution is 5.72. The minimum absolute atomic E-state index is 0.329. The smallest absolute Gasteiger partial charge is 0.125 e. The molecule has 2 aromatic carbocycles. The Hall–Kier alpha value is -2.23. The minimum Gasteiger partial charge on any atom is -0.497 e. The zero-order valence-corrected chi connectivity index (χ0v) is 9.41. The van der Waals surface area contributed by atoms with E-state index >= 15 is 0 Å². The second-order valence-electron chi connectivity index (χ2n) is 3.59. The number of rotatable bonds is 3. The van der Waals surface area contributed by atoms with E-state index in [9.17, 15) is 4.39 Å². The molecule has 17 heavy (non-hydrogen) atoms. The summed E-state index contributed by atoms with van der Waals surface area (Å²) in [6.45, 7) is 0. The van der Waals surface area contributed by atoms with Crippen molar-refractivity contribution in [2.45, 2.75) is 0 Å². The van der Waals surface area contributed by atoms with Crippen molar-refractivity contribution < 1.29 is 9.13 Å². The zero-order chi connectivity index (χ0) is 12.3. The second-order valence-corrected chi connectivity index (χ2v) is 3.59. The Morgan fingerprint density at radius 3 is 2.76 bits per heavy atom. The van der Waals surface area contributed by atoms with Gasteiger partial charge in [0.05, 0.1) is 18.5 Å². The molecule has 4 heteroatoms. The molecule has 0 atom stereocenters. The number of anilines is 3. The van der Waals surface area contributed by atoms with Crippen LogP contribution in [0.25, 0.3) is 0 Å². The Bertz CT molecular complexity index is 529. The number of hydrogen-bond donors (Lipinski definition) is 2. The van der Waals surface area contributed by atoms with Crippen molar-refractivity contribution in [2.24, 2.45) is 0 Å². The Kier molecular flexibility index (Phi) is 3.14. The molecule has 3 N–H and O–H groups in total. The minimum atomic E-state index is -0.329. The van der Waals surface area contributed by atoms with Gasteiger partial charge in [0, 0.05) is 11.8 Å². The average molecular weight is 232 g/mol. The lowest BCUT2D eigenvalue weighted by Gasteiger charge is -2.10. The highest BCUT2D eigenvalue weighted by Crippen LogP contribution is 2.25. The van der Waals surface area contributed by atoms with Gasteiger partial charge in [-0.2, -0.15) is 0 Å². The molecule has 0 aromatic heterocycles. The van der Waals surface area contributed by atoms with Gasteiger partial charge in [-0.1, -0.05) is 6.07 Å². The van der Waals surface area contributed by atoms with Crippen molar-refractivity contribution in [3.05, 3.63) is 48.3 Å². The van der Waals surface area contributed by atoms with E-state index in [2.05, 4.69) is 5.32 Å². The summed E-state index contributed by atoms with van der Waals surface area (Å²) >= 11 is 0. The number of nitrogens with one attached hydrogen (secondary N) is 1. The van der Waals surface area contributed by atoms with Crippen molar-refractivity contribution in [1.29, 1.82) is 0 Å². The molecule has 88 valence electrons. The lowest BCUT2D eigenvalue weighted by molar-refractivity contribution is 0.415. The van der Waals surface area contributed by atoms with Gasteiger partial charge in [-0.25, -0.2) is 4.39 Å². The van der Waals surface area contributed by atoms with Crippen LogP contribution >= 0.6 is 0 Å². The lowest BCUT2D eigenvalue weighted by atomic mass is 10.2. The van der Waals surface area contributed by atoms with Crippen LogP contribution in [0.4, 0.5) is 21.5 Å². The quantitative estimate of drug-likeness (QED) is 0.799. The van der Waals surface area contributed by atoms with Gasteiger partial charge in [-0.05, 0) is 30.3 Å². The molecule has 2 aromatic rings. The van der Waals surface area contributed by atoms with E-state index in [0.29, 0.717) is 11.4 Å². The Morgan fingerprint density at radius 2 is 2.00 bits per heavy atom. The molecule has 0 spiro atoms. The maximum Gasteiger partial charge on any atom is 0.125 e. The predicted octanol–water partition coefficient (Wildman–Crippen LogP) is 3.16. The van der Waals surface area contributed by atoms with Crippen LogP contribution in [0.5, 0.6) is 5.75 Å². The molecule has 0 amide bonds. The number of benzene rings is 2. The van der Waals surface area contributed by atoms with Gasteiger partial charge in [0.25, 0.3) is 0 Å². The molecule has 0 radical (unpaired) electrons. The van der Waals surface area contributed by atoms with Crippen molar-refractivity contribution in [1.82, 2.24) is 0 Å². The van der Waals surface area contributed by atoms with Crippen LogP contribution < -0.4 is 15.8 Å².